The fourth-order valence-corrected chi connectivity index (χ4v) is 3.83. The highest BCUT2D eigenvalue weighted by molar-refractivity contribution is 8.00. The second-order valence-electron chi connectivity index (χ2n) is 5.23. The molecule has 3 aromatic rings. The smallest absolute Gasteiger partial charge is 0.239 e. The SMILES string of the molecule is CCC(Sc1nccn1C)C(=O)Nc1nc(-c2ccccc2)cs1. The van der Waals surface area contributed by atoms with E-state index in [1.807, 2.05) is 60.4 Å². The van der Waals surface area contributed by atoms with E-state index in [4.69, 9.17) is 0 Å². The third-order valence-corrected chi connectivity index (χ3v) is 5.69. The van der Waals surface area contributed by atoms with Crippen LogP contribution in [0.1, 0.15) is 13.3 Å². The molecule has 0 aliphatic heterocycles. The normalized spacial score (nSPS) is 12.1. The molecule has 1 amide bonds. The van der Waals surface area contributed by atoms with E-state index in [1.165, 1.54) is 23.1 Å². The van der Waals surface area contributed by atoms with Gasteiger partial charge in [0, 0.05) is 30.4 Å². The Labute approximate surface area is 149 Å². The van der Waals surface area contributed by atoms with Gasteiger partial charge in [-0.25, -0.2) is 9.97 Å². The third-order valence-electron chi connectivity index (χ3n) is 3.49. The summed E-state index contributed by atoms with van der Waals surface area (Å²) >= 11 is 2.91. The number of hydrogen-bond acceptors (Lipinski definition) is 5. The maximum atomic E-state index is 12.5. The van der Waals surface area contributed by atoms with Crippen LogP contribution >= 0.6 is 23.1 Å². The van der Waals surface area contributed by atoms with Crippen LogP contribution in [-0.2, 0) is 11.8 Å². The molecule has 1 unspecified atom stereocenters. The van der Waals surface area contributed by atoms with E-state index in [-0.39, 0.29) is 11.2 Å². The number of thioether (sulfide) groups is 1. The first-order valence-corrected chi connectivity index (χ1v) is 9.39. The Balaban J connectivity index is 1.67. The Bertz CT molecular complexity index is 813. The zero-order valence-electron chi connectivity index (χ0n) is 13.5. The number of imidazole rings is 1. The lowest BCUT2D eigenvalue weighted by Gasteiger charge is -2.12. The topological polar surface area (TPSA) is 59.8 Å². The summed E-state index contributed by atoms with van der Waals surface area (Å²) in [6.45, 7) is 2.00. The molecule has 0 spiro atoms. The van der Waals surface area contributed by atoms with Crippen LogP contribution in [0.3, 0.4) is 0 Å². The predicted molar refractivity (Wildman–Crippen MR) is 99.3 cm³/mol. The van der Waals surface area contributed by atoms with Gasteiger partial charge in [0.2, 0.25) is 5.91 Å². The number of nitrogens with one attached hydrogen (secondary N) is 1. The monoisotopic (exact) mass is 358 g/mol. The number of thiazole rings is 1. The van der Waals surface area contributed by atoms with Crippen molar-refractivity contribution < 1.29 is 4.79 Å². The summed E-state index contributed by atoms with van der Waals surface area (Å²) in [4.78, 5) is 21.3. The van der Waals surface area contributed by atoms with Gasteiger partial charge in [-0.05, 0) is 6.42 Å². The number of carbonyl (C=O) groups excluding carboxylic acids is 1. The summed E-state index contributed by atoms with van der Waals surface area (Å²) in [5.74, 6) is -0.0422. The van der Waals surface area contributed by atoms with Crippen molar-refractivity contribution in [2.24, 2.45) is 7.05 Å². The molecule has 0 fully saturated rings. The number of amides is 1. The molecule has 24 heavy (non-hydrogen) atoms. The molecule has 2 aromatic heterocycles. The van der Waals surface area contributed by atoms with Crippen LogP contribution < -0.4 is 5.32 Å². The molecule has 3 rings (SSSR count). The van der Waals surface area contributed by atoms with Crippen molar-refractivity contribution in [3.05, 3.63) is 48.1 Å². The number of anilines is 1. The lowest BCUT2D eigenvalue weighted by molar-refractivity contribution is -0.115. The molecule has 0 saturated carbocycles. The quantitative estimate of drug-likeness (QED) is 0.675. The molecule has 1 aromatic carbocycles. The molecule has 0 bridgehead atoms. The van der Waals surface area contributed by atoms with Gasteiger partial charge >= 0.3 is 0 Å². The number of hydrogen-bond donors (Lipinski definition) is 1. The molecule has 7 heteroatoms. The minimum Gasteiger partial charge on any atom is -0.329 e. The van der Waals surface area contributed by atoms with Crippen molar-refractivity contribution in [1.29, 1.82) is 0 Å². The molecule has 1 N–H and O–H groups in total. The predicted octanol–water partition coefficient (Wildman–Crippen LogP) is 4.05. The van der Waals surface area contributed by atoms with Crippen LogP contribution in [0.4, 0.5) is 5.13 Å². The third kappa shape index (κ3) is 3.85. The summed E-state index contributed by atoms with van der Waals surface area (Å²) < 4.78 is 1.91. The van der Waals surface area contributed by atoms with Crippen LogP contribution in [-0.4, -0.2) is 25.7 Å². The second kappa shape index (κ2) is 7.63. The van der Waals surface area contributed by atoms with E-state index >= 15 is 0 Å². The Morgan fingerprint density at radius 3 is 2.83 bits per heavy atom. The van der Waals surface area contributed by atoms with Crippen LogP contribution in [0.25, 0.3) is 11.3 Å². The lowest BCUT2D eigenvalue weighted by Crippen LogP contribution is -2.24. The Morgan fingerprint density at radius 1 is 1.38 bits per heavy atom. The highest BCUT2D eigenvalue weighted by Gasteiger charge is 2.21. The van der Waals surface area contributed by atoms with Crippen molar-refractivity contribution in [1.82, 2.24) is 14.5 Å². The highest BCUT2D eigenvalue weighted by atomic mass is 32.2. The summed E-state index contributed by atoms with van der Waals surface area (Å²) in [7, 11) is 1.92. The maximum absolute atomic E-state index is 12.5. The molecule has 0 aliphatic rings. The summed E-state index contributed by atoms with van der Waals surface area (Å²) in [6.07, 6.45) is 4.33. The van der Waals surface area contributed by atoms with Crippen LogP contribution in [0, 0.1) is 0 Å². The number of aryl methyl sites for hydroxylation is 1. The van der Waals surface area contributed by atoms with Crippen molar-refractivity contribution in [3.8, 4) is 11.3 Å². The average Bonchev–Trinajstić information content (AvgIpc) is 3.22. The fourth-order valence-electron chi connectivity index (χ4n) is 2.17. The maximum Gasteiger partial charge on any atom is 0.239 e. The summed E-state index contributed by atoms with van der Waals surface area (Å²) in [5, 5.41) is 6.14. The molecular weight excluding hydrogens is 340 g/mol. The molecule has 0 saturated heterocycles. The molecule has 0 aliphatic carbocycles. The number of rotatable bonds is 6. The van der Waals surface area contributed by atoms with E-state index in [9.17, 15) is 4.79 Å². The van der Waals surface area contributed by atoms with Crippen molar-refractivity contribution in [2.45, 2.75) is 23.8 Å². The van der Waals surface area contributed by atoms with E-state index in [0.29, 0.717) is 5.13 Å². The number of aromatic nitrogens is 3. The van der Waals surface area contributed by atoms with Gasteiger partial charge in [-0.1, -0.05) is 49.0 Å². The van der Waals surface area contributed by atoms with Crippen molar-refractivity contribution >= 4 is 34.1 Å². The largest absolute Gasteiger partial charge is 0.329 e. The standard InChI is InChI=1S/C17H18N4OS2/c1-3-14(24-17-18-9-10-21(17)2)15(22)20-16-19-13(11-23-16)12-7-5-4-6-8-12/h4-11,14H,3H2,1-2H3,(H,19,20,22). The van der Waals surface area contributed by atoms with Gasteiger partial charge < -0.3 is 9.88 Å². The number of benzene rings is 1. The van der Waals surface area contributed by atoms with Crippen LogP contribution in [0.2, 0.25) is 0 Å². The van der Waals surface area contributed by atoms with E-state index in [1.54, 1.807) is 6.20 Å². The van der Waals surface area contributed by atoms with Crippen LogP contribution in [0.5, 0.6) is 0 Å². The van der Waals surface area contributed by atoms with Gasteiger partial charge in [-0.15, -0.1) is 11.3 Å². The summed E-state index contributed by atoms with van der Waals surface area (Å²) in [6, 6.07) is 9.94. The Morgan fingerprint density at radius 2 is 2.17 bits per heavy atom. The van der Waals surface area contributed by atoms with E-state index in [2.05, 4.69) is 15.3 Å². The first kappa shape index (κ1) is 16.7. The zero-order chi connectivity index (χ0) is 16.9. The minimum atomic E-state index is -0.199. The van der Waals surface area contributed by atoms with Crippen LogP contribution in [0.15, 0.2) is 53.3 Å². The average molecular weight is 358 g/mol. The zero-order valence-corrected chi connectivity index (χ0v) is 15.1. The molecule has 0 radical (unpaired) electrons. The summed E-state index contributed by atoms with van der Waals surface area (Å²) in [5.41, 5.74) is 1.92. The van der Waals surface area contributed by atoms with Gasteiger partial charge in [-0.3, -0.25) is 4.79 Å². The Hall–Kier alpha value is -2.12. The minimum absolute atomic E-state index is 0.0422. The molecule has 1 atom stereocenters. The number of carbonyl (C=O) groups is 1. The van der Waals surface area contributed by atoms with Gasteiger partial charge in [0.15, 0.2) is 10.3 Å². The second-order valence-corrected chi connectivity index (χ2v) is 7.26. The van der Waals surface area contributed by atoms with E-state index < -0.39 is 0 Å². The van der Waals surface area contributed by atoms with Gasteiger partial charge in [0.05, 0.1) is 10.9 Å². The van der Waals surface area contributed by atoms with Crippen molar-refractivity contribution in [3.63, 3.8) is 0 Å². The molecule has 2 heterocycles. The van der Waals surface area contributed by atoms with E-state index in [0.717, 1.165) is 22.8 Å². The first-order valence-electron chi connectivity index (χ1n) is 7.63. The van der Waals surface area contributed by atoms with Gasteiger partial charge in [0.25, 0.3) is 0 Å². The number of nitrogens with zero attached hydrogens (tertiary/aromatic N) is 3. The first-order chi connectivity index (χ1) is 11.7. The van der Waals surface area contributed by atoms with Gasteiger partial charge in [-0.2, -0.15) is 0 Å². The molecule has 124 valence electrons. The molecule has 5 nitrogen and oxygen atoms in total. The van der Waals surface area contributed by atoms with Gasteiger partial charge in [0.1, 0.15) is 0 Å². The van der Waals surface area contributed by atoms with Crippen molar-refractivity contribution in [2.75, 3.05) is 5.32 Å². The lowest BCUT2D eigenvalue weighted by atomic mass is 10.2. The Kier molecular flexibility index (Phi) is 5.32. The highest BCUT2D eigenvalue weighted by Crippen LogP contribution is 2.27. The fraction of sp³-hybridized carbons (Fsp3) is 0.235. The molecular formula is C17H18N4OS2.